The molecule has 0 aliphatic rings. The van der Waals surface area contributed by atoms with Crippen LogP contribution in [-0.2, 0) is 4.79 Å². The highest BCUT2D eigenvalue weighted by Crippen LogP contribution is 2.19. The molecule has 1 rings (SSSR count). The summed E-state index contributed by atoms with van der Waals surface area (Å²) in [7, 11) is 0. The molecule has 106 valence electrons. The van der Waals surface area contributed by atoms with E-state index in [9.17, 15) is 4.79 Å². The molecule has 0 aromatic heterocycles. The monoisotopic (exact) mass is 267 g/mol. The fraction of sp³-hybridized carbons (Fsp3) is 0.500. The molecule has 0 saturated heterocycles. The van der Waals surface area contributed by atoms with Crippen molar-refractivity contribution in [2.24, 2.45) is 0 Å². The summed E-state index contributed by atoms with van der Waals surface area (Å²) < 4.78 is 5.37. The summed E-state index contributed by atoms with van der Waals surface area (Å²) in [6.45, 7) is 3.70. The predicted octanol–water partition coefficient (Wildman–Crippen LogP) is 0.658. The fourth-order valence-electron chi connectivity index (χ4n) is 1.46. The molecule has 0 aliphatic carbocycles. The molecule has 0 aliphatic heterocycles. The summed E-state index contributed by atoms with van der Waals surface area (Å²) in [5.41, 5.74) is 1.15. The lowest BCUT2D eigenvalue weighted by Crippen LogP contribution is -2.36. The third-order valence-corrected chi connectivity index (χ3v) is 2.64. The molecule has 0 spiro atoms. The maximum atomic E-state index is 11.4. The van der Waals surface area contributed by atoms with E-state index in [0.717, 1.165) is 5.56 Å². The largest absolute Gasteiger partial charge is 0.484 e. The van der Waals surface area contributed by atoms with E-state index >= 15 is 0 Å². The molecular weight excluding hydrogens is 246 g/mol. The maximum absolute atomic E-state index is 11.4. The summed E-state index contributed by atoms with van der Waals surface area (Å²) in [5.74, 6) is 0.712. The summed E-state index contributed by atoms with van der Waals surface area (Å²) in [6, 6.07) is 7.59. The van der Waals surface area contributed by atoms with Gasteiger partial charge in [0.25, 0.3) is 5.91 Å². The molecule has 0 bridgehead atoms. The molecule has 3 N–H and O–H groups in total. The Bertz CT molecular complexity index is 406. The third kappa shape index (κ3) is 5.72. The number of hydrogen-bond acceptors (Lipinski definition) is 4. The number of aliphatic hydroxyl groups is 2. The van der Waals surface area contributed by atoms with Crippen LogP contribution < -0.4 is 10.1 Å². The Hall–Kier alpha value is -1.59. The predicted molar refractivity (Wildman–Crippen MR) is 72.1 cm³/mol. The van der Waals surface area contributed by atoms with Gasteiger partial charge < -0.3 is 20.3 Å². The van der Waals surface area contributed by atoms with Crippen LogP contribution in [0.15, 0.2) is 24.3 Å². The third-order valence-electron chi connectivity index (χ3n) is 2.64. The highest BCUT2D eigenvalue weighted by atomic mass is 16.5. The number of nitrogens with one attached hydrogen (secondary N) is 1. The second-order valence-electron chi connectivity index (χ2n) is 4.66. The first-order valence-corrected chi connectivity index (χ1v) is 6.31. The molecule has 1 aromatic rings. The van der Waals surface area contributed by atoms with Crippen LogP contribution in [-0.4, -0.2) is 42.0 Å². The van der Waals surface area contributed by atoms with Gasteiger partial charge in [0.15, 0.2) is 6.61 Å². The van der Waals surface area contributed by atoms with Crippen molar-refractivity contribution in [3.05, 3.63) is 29.8 Å². The van der Waals surface area contributed by atoms with Gasteiger partial charge in [0.05, 0.1) is 12.7 Å². The van der Waals surface area contributed by atoms with Crippen LogP contribution in [0.2, 0.25) is 0 Å². The average Bonchev–Trinajstić information content (AvgIpc) is 2.42. The second-order valence-corrected chi connectivity index (χ2v) is 4.66. The van der Waals surface area contributed by atoms with Crippen LogP contribution in [0.25, 0.3) is 0 Å². The minimum Gasteiger partial charge on any atom is -0.484 e. The van der Waals surface area contributed by atoms with E-state index in [-0.39, 0.29) is 25.7 Å². The van der Waals surface area contributed by atoms with Crippen molar-refractivity contribution in [3.8, 4) is 5.75 Å². The highest BCUT2D eigenvalue weighted by Gasteiger charge is 2.07. The van der Waals surface area contributed by atoms with Crippen LogP contribution in [0.5, 0.6) is 5.75 Å². The van der Waals surface area contributed by atoms with E-state index in [1.807, 2.05) is 18.2 Å². The molecule has 0 fully saturated rings. The Labute approximate surface area is 113 Å². The van der Waals surface area contributed by atoms with Gasteiger partial charge in [0.1, 0.15) is 5.75 Å². The topological polar surface area (TPSA) is 78.8 Å². The molecule has 0 heterocycles. The number of amides is 1. The van der Waals surface area contributed by atoms with Crippen molar-refractivity contribution in [2.75, 3.05) is 19.8 Å². The van der Waals surface area contributed by atoms with Gasteiger partial charge in [0.2, 0.25) is 0 Å². The van der Waals surface area contributed by atoms with Gasteiger partial charge in [-0.2, -0.15) is 0 Å². The van der Waals surface area contributed by atoms with Crippen molar-refractivity contribution < 1.29 is 19.7 Å². The Kier molecular flexibility index (Phi) is 6.32. The van der Waals surface area contributed by atoms with Gasteiger partial charge >= 0.3 is 0 Å². The first-order chi connectivity index (χ1) is 9.02. The minimum atomic E-state index is -0.937. The Morgan fingerprint density at radius 3 is 2.79 bits per heavy atom. The van der Waals surface area contributed by atoms with Crippen molar-refractivity contribution in [3.63, 3.8) is 0 Å². The molecule has 1 unspecified atom stereocenters. The zero-order chi connectivity index (χ0) is 14.3. The van der Waals surface area contributed by atoms with Crippen LogP contribution in [0.4, 0.5) is 0 Å². The summed E-state index contributed by atoms with van der Waals surface area (Å²) in [4.78, 5) is 11.4. The lowest BCUT2D eigenvalue weighted by Gasteiger charge is -2.11. The molecule has 1 aromatic carbocycles. The van der Waals surface area contributed by atoms with Gasteiger partial charge in [0, 0.05) is 6.54 Å². The number of carbonyl (C=O) groups is 1. The van der Waals surface area contributed by atoms with Crippen molar-refractivity contribution in [1.82, 2.24) is 5.32 Å². The van der Waals surface area contributed by atoms with E-state index in [4.69, 9.17) is 14.9 Å². The van der Waals surface area contributed by atoms with E-state index in [2.05, 4.69) is 19.2 Å². The quantitative estimate of drug-likeness (QED) is 0.678. The van der Waals surface area contributed by atoms with Gasteiger partial charge in [-0.05, 0) is 23.6 Å². The van der Waals surface area contributed by atoms with Crippen molar-refractivity contribution >= 4 is 5.91 Å². The lowest BCUT2D eigenvalue weighted by molar-refractivity contribution is -0.123. The molecule has 5 nitrogen and oxygen atoms in total. The number of rotatable bonds is 7. The van der Waals surface area contributed by atoms with Gasteiger partial charge in [-0.1, -0.05) is 26.0 Å². The Morgan fingerprint density at radius 1 is 1.42 bits per heavy atom. The summed E-state index contributed by atoms with van der Waals surface area (Å²) >= 11 is 0. The van der Waals surface area contributed by atoms with Crippen molar-refractivity contribution in [2.45, 2.75) is 25.9 Å². The smallest absolute Gasteiger partial charge is 0.258 e. The number of ether oxygens (including phenoxy) is 1. The molecule has 5 heteroatoms. The molecule has 0 saturated carbocycles. The maximum Gasteiger partial charge on any atom is 0.258 e. The summed E-state index contributed by atoms with van der Waals surface area (Å²) in [6.07, 6.45) is -0.937. The van der Waals surface area contributed by atoms with Crippen LogP contribution >= 0.6 is 0 Å². The van der Waals surface area contributed by atoms with E-state index in [1.165, 1.54) is 0 Å². The van der Waals surface area contributed by atoms with Crippen LogP contribution in [0, 0.1) is 0 Å². The lowest BCUT2D eigenvalue weighted by atomic mass is 10.0. The molecular formula is C14H21NO4. The number of aliphatic hydroxyl groups excluding tert-OH is 2. The first kappa shape index (κ1) is 15.5. The number of benzene rings is 1. The van der Waals surface area contributed by atoms with Crippen LogP contribution in [0.3, 0.4) is 0 Å². The average molecular weight is 267 g/mol. The molecule has 1 amide bonds. The molecule has 19 heavy (non-hydrogen) atoms. The fourth-order valence-corrected chi connectivity index (χ4v) is 1.46. The van der Waals surface area contributed by atoms with Crippen molar-refractivity contribution in [1.29, 1.82) is 0 Å². The molecule has 0 radical (unpaired) electrons. The standard InChI is InChI=1S/C14H21NO4/c1-10(2)11-4-3-5-13(6-11)19-9-14(18)15-7-12(17)8-16/h3-6,10,12,16-17H,7-9H2,1-2H3,(H,15,18). The normalized spacial score (nSPS) is 12.3. The van der Waals surface area contributed by atoms with Crippen LogP contribution in [0.1, 0.15) is 25.3 Å². The zero-order valence-corrected chi connectivity index (χ0v) is 11.3. The van der Waals surface area contributed by atoms with Gasteiger partial charge in [-0.15, -0.1) is 0 Å². The highest BCUT2D eigenvalue weighted by molar-refractivity contribution is 5.77. The summed E-state index contributed by atoms with van der Waals surface area (Å²) in [5, 5.41) is 20.2. The van der Waals surface area contributed by atoms with E-state index < -0.39 is 6.10 Å². The van der Waals surface area contributed by atoms with Gasteiger partial charge in [-0.25, -0.2) is 0 Å². The minimum absolute atomic E-state index is 0.0186. The van der Waals surface area contributed by atoms with Gasteiger partial charge in [-0.3, -0.25) is 4.79 Å². The number of carbonyl (C=O) groups excluding carboxylic acids is 1. The Morgan fingerprint density at radius 2 is 2.16 bits per heavy atom. The molecule has 1 atom stereocenters. The SMILES string of the molecule is CC(C)c1cccc(OCC(=O)NCC(O)CO)c1. The number of hydrogen-bond donors (Lipinski definition) is 3. The zero-order valence-electron chi connectivity index (χ0n) is 11.3. The Balaban J connectivity index is 2.39. The second kappa shape index (κ2) is 7.76. The van der Waals surface area contributed by atoms with E-state index in [1.54, 1.807) is 6.07 Å². The first-order valence-electron chi connectivity index (χ1n) is 6.31. The van der Waals surface area contributed by atoms with E-state index in [0.29, 0.717) is 11.7 Å².